The number of piperidine rings is 1. The van der Waals surface area contributed by atoms with Crippen molar-refractivity contribution >= 4 is 0 Å². The standard InChI is InChI=1S/C16H25NO/c18-16(15-9-3-1-4-10-15)11-5-8-14-17-12-6-2-7-13-17/h1,3-4,9-10,16,18H,2,5-8,11-14H2/p+1/t16-/m0/s1. The lowest BCUT2D eigenvalue weighted by Gasteiger charge is -2.23. The van der Waals surface area contributed by atoms with E-state index in [-0.39, 0.29) is 6.10 Å². The first kappa shape index (κ1) is 13.6. The van der Waals surface area contributed by atoms with Crippen molar-refractivity contribution in [2.45, 2.75) is 44.6 Å². The van der Waals surface area contributed by atoms with E-state index in [1.807, 2.05) is 30.3 Å². The summed E-state index contributed by atoms with van der Waals surface area (Å²) in [6, 6.07) is 10.0. The lowest BCUT2D eigenvalue weighted by Crippen LogP contribution is -3.12. The summed E-state index contributed by atoms with van der Waals surface area (Å²) in [5, 5.41) is 10.1. The molecule has 2 nitrogen and oxygen atoms in total. The minimum Gasteiger partial charge on any atom is -0.388 e. The zero-order chi connectivity index (χ0) is 12.6. The Morgan fingerprint density at radius 1 is 1.00 bits per heavy atom. The van der Waals surface area contributed by atoms with Crippen LogP contribution >= 0.6 is 0 Å². The van der Waals surface area contributed by atoms with E-state index in [9.17, 15) is 5.11 Å². The summed E-state index contributed by atoms with van der Waals surface area (Å²) in [5.41, 5.74) is 1.06. The van der Waals surface area contributed by atoms with Crippen LogP contribution in [-0.2, 0) is 0 Å². The zero-order valence-corrected chi connectivity index (χ0v) is 11.3. The van der Waals surface area contributed by atoms with Crippen molar-refractivity contribution in [3.63, 3.8) is 0 Å². The molecule has 2 heteroatoms. The van der Waals surface area contributed by atoms with E-state index in [0.717, 1.165) is 18.4 Å². The Bertz CT molecular complexity index is 319. The highest BCUT2D eigenvalue weighted by molar-refractivity contribution is 5.16. The minimum atomic E-state index is -0.275. The van der Waals surface area contributed by atoms with Gasteiger partial charge < -0.3 is 10.0 Å². The number of hydrogen-bond donors (Lipinski definition) is 2. The number of hydrogen-bond acceptors (Lipinski definition) is 1. The maximum absolute atomic E-state index is 10.1. The molecular formula is C16H26NO+. The number of quaternary nitrogens is 1. The van der Waals surface area contributed by atoms with E-state index in [4.69, 9.17) is 0 Å². The SMILES string of the molecule is O[C@@H](CCCC[NH+]1CCCCC1)c1ccccc1. The van der Waals surface area contributed by atoms with Crippen LogP contribution in [0.25, 0.3) is 0 Å². The average Bonchev–Trinajstić information content (AvgIpc) is 2.45. The second kappa shape index (κ2) is 7.55. The van der Waals surface area contributed by atoms with Crippen molar-refractivity contribution in [1.82, 2.24) is 0 Å². The summed E-state index contributed by atoms with van der Waals surface area (Å²) in [6.07, 6.45) is 7.25. The van der Waals surface area contributed by atoms with E-state index in [1.165, 1.54) is 45.3 Å². The highest BCUT2D eigenvalue weighted by atomic mass is 16.3. The molecule has 1 fully saturated rings. The largest absolute Gasteiger partial charge is 0.388 e. The molecule has 0 radical (unpaired) electrons. The van der Waals surface area contributed by atoms with Gasteiger partial charge in [0.05, 0.1) is 25.7 Å². The molecule has 1 aliphatic rings. The van der Waals surface area contributed by atoms with Crippen molar-refractivity contribution in [1.29, 1.82) is 0 Å². The first-order valence-electron chi connectivity index (χ1n) is 7.43. The average molecular weight is 248 g/mol. The Labute approximate surface area is 111 Å². The molecular weight excluding hydrogens is 222 g/mol. The summed E-state index contributed by atoms with van der Waals surface area (Å²) < 4.78 is 0. The Balaban J connectivity index is 1.60. The van der Waals surface area contributed by atoms with Crippen LogP contribution in [0.5, 0.6) is 0 Å². The molecule has 100 valence electrons. The van der Waals surface area contributed by atoms with Gasteiger partial charge in [0.25, 0.3) is 0 Å². The van der Waals surface area contributed by atoms with E-state index >= 15 is 0 Å². The van der Waals surface area contributed by atoms with Crippen LogP contribution in [-0.4, -0.2) is 24.7 Å². The van der Waals surface area contributed by atoms with Crippen molar-refractivity contribution in [2.24, 2.45) is 0 Å². The second-order valence-corrected chi connectivity index (χ2v) is 5.48. The van der Waals surface area contributed by atoms with Crippen LogP contribution in [0.3, 0.4) is 0 Å². The van der Waals surface area contributed by atoms with Gasteiger partial charge in [-0.3, -0.25) is 0 Å². The monoisotopic (exact) mass is 248 g/mol. The lowest BCUT2D eigenvalue weighted by atomic mass is 10.0. The van der Waals surface area contributed by atoms with Gasteiger partial charge in [-0.2, -0.15) is 0 Å². The first-order chi connectivity index (χ1) is 8.86. The molecule has 1 aromatic rings. The lowest BCUT2D eigenvalue weighted by molar-refractivity contribution is -0.905. The quantitative estimate of drug-likeness (QED) is 0.739. The maximum Gasteiger partial charge on any atom is 0.0790 e. The fourth-order valence-corrected chi connectivity index (χ4v) is 2.86. The Hall–Kier alpha value is -0.860. The number of unbranched alkanes of at least 4 members (excludes halogenated alkanes) is 1. The minimum absolute atomic E-state index is 0.275. The Morgan fingerprint density at radius 2 is 1.72 bits per heavy atom. The van der Waals surface area contributed by atoms with E-state index in [0.29, 0.717) is 0 Å². The Morgan fingerprint density at radius 3 is 2.44 bits per heavy atom. The van der Waals surface area contributed by atoms with Crippen LogP contribution in [0.4, 0.5) is 0 Å². The highest BCUT2D eigenvalue weighted by Gasteiger charge is 2.13. The van der Waals surface area contributed by atoms with Gasteiger partial charge in [-0.25, -0.2) is 0 Å². The van der Waals surface area contributed by atoms with Gasteiger partial charge in [0.15, 0.2) is 0 Å². The van der Waals surface area contributed by atoms with E-state index in [2.05, 4.69) is 0 Å². The molecule has 1 saturated heterocycles. The molecule has 18 heavy (non-hydrogen) atoms. The molecule has 1 aliphatic heterocycles. The summed E-state index contributed by atoms with van der Waals surface area (Å²) in [7, 11) is 0. The van der Waals surface area contributed by atoms with Gasteiger partial charge in [0.2, 0.25) is 0 Å². The van der Waals surface area contributed by atoms with Crippen molar-refractivity contribution < 1.29 is 10.0 Å². The van der Waals surface area contributed by atoms with Gasteiger partial charge in [-0.15, -0.1) is 0 Å². The number of rotatable bonds is 6. The van der Waals surface area contributed by atoms with Gasteiger partial charge in [0, 0.05) is 0 Å². The van der Waals surface area contributed by atoms with Crippen LogP contribution in [0.15, 0.2) is 30.3 Å². The number of nitrogens with one attached hydrogen (secondary N) is 1. The fourth-order valence-electron chi connectivity index (χ4n) is 2.86. The van der Waals surface area contributed by atoms with Gasteiger partial charge in [-0.1, -0.05) is 30.3 Å². The van der Waals surface area contributed by atoms with E-state index in [1.54, 1.807) is 4.90 Å². The molecule has 0 aromatic heterocycles. The third-order valence-corrected chi connectivity index (χ3v) is 4.00. The van der Waals surface area contributed by atoms with Crippen LogP contribution in [0, 0.1) is 0 Å². The summed E-state index contributed by atoms with van der Waals surface area (Å²) in [5.74, 6) is 0. The topological polar surface area (TPSA) is 24.7 Å². The molecule has 0 spiro atoms. The van der Waals surface area contributed by atoms with Gasteiger partial charge in [0.1, 0.15) is 0 Å². The molecule has 0 saturated carbocycles. The third-order valence-electron chi connectivity index (χ3n) is 4.00. The van der Waals surface area contributed by atoms with Crippen molar-refractivity contribution in [2.75, 3.05) is 19.6 Å². The number of likely N-dealkylation sites (tertiary alicyclic amines) is 1. The number of aliphatic hydroxyl groups excluding tert-OH is 1. The number of aliphatic hydroxyl groups is 1. The molecule has 0 aliphatic carbocycles. The molecule has 1 heterocycles. The number of benzene rings is 1. The van der Waals surface area contributed by atoms with Gasteiger partial charge in [-0.05, 0) is 44.1 Å². The molecule has 1 aromatic carbocycles. The normalized spacial score (nSPS) is 18.7. The molecule has 0 unspecified atom stereocenters. The van der Waals surface area contributed by atoms with Crippen LogP contribution in [0.1, 0.15) is 50.2 Å². The smallest absolute Gasteiger partial charge is 0.0790 e. The van der Waals surface area contributed by atoms with Crippen molar-refractivity contribution in [3.05, 3.63) is 35.9 Å². The fraction of sp³-hybridized carbons (Fsp3) is 0.625. The van der Waals surface area contributed by atoms with E-state index < -0.39 is 0 Å². The van der Waals surface area contributed by atoms with Crippen LogP contribution < -0.4 is 4.90 Å². The summed E-state index contributed by atoms with van der Waals surface area (Å²) >= 11 is 0. The molecule has 1 atom stereocenters. The second-order valence-electron chi connectivity index (χ2n) is 5.48. The predicted octanol–water partition coefficient (Wildman–Crippen LogP) is 1.96. The van der Waals surface area contributed by atoms with Crippen LogP contribution in [0.2, 0.25) is 0 Å². The zero-order valence-electron chi connectivity index (χ0n) is 11.3. The highest BCUT2D eigenvalue weighted by Crippen LogP contribution is 2.18. The predicted molar refractivity (Wildman–Crippen MR) is 74.7 cm³/mol. The van der Waals surface area contributed by atoms with Crippen molar-refractivity contribution in [3.8, 4) is 0 Å². The summed E-state index contributed by atoms with van der Waals surface area (Å²) in [6.45, 7) is 4.02. The van der Waals surface area contributed by atoms with Gasteiger partial charge >= 0.3 is 0 Å². The maximum atomic E-state index is 10.1. The molecule has 0 bridgehead atoms. The molecule has 0 amide bonds. The Kier molecular flexibility index (Phi) is 5.69. The third kappa shape index (κ3) is 4.43. The molecule has 2 N–H and O–H groups in total. The first-order valence-corrected chi connectivity index (χ1v) is 7.43. The molecule has 2 rings (SSSR count). The summed E-state index contributed by atoms with van der Waals surface area (Å²) in [4.78, 5) is 1.77.